The number of esters is 1. The number of nitro benzene ring substituents is 1. The lowest BCUT2D eigenvalue weighted by Gasteiger charge is -2.39. The second kappa shape index (κ2) is 6.89. The van der Waals surface area contributed by atoms with Gasteiger partial charge in [0.1, 0.15) is 0 Å². The Morgan fingerprint density at radius 2 is 1.89 bits per heavy atom. The van der Waals surface area contributed by atoms with Crippen LogP contribution in [0.4, 0.5) is 11.4 Å². The number of non-ortho nitro benzene ring substituents is 1. The molecule has 0 fully saturated rings. The first-order valence-corrected chi connectivity index (χ1v) is 9.40. The smallest absolute Gasteiger partial charge is 0.365 e. The molecule has 2 heterocycles. The molecule has 3 rings (SSSR count). The Morgan fingerprint density at radius 1 is 1.26 bits per heavy atom. The number of carbonyl (C=O) groups is 2. The number of methoxy groups -OCH3 is 1. The van der Waals surface area contributed by atoms with Gasteiger partial charge in [0.2, 0.25) is 9.37 Å². The zero-order valence-electron chi connectivity index (χ0n) is 15.0. The maximum Gasteiger partial charge on any atom is 0.365 e. The average Bonchev–Trinajstić information content (AvgIpc) is 3.15. The minimum absolute atomic E-state index is 0.0528. The van der Waals surface area contributed by atoms with Gasteiger partial charge in [-0.1, -0.05) is 11.8 Å². The number of allylic oxidation sites excluding steroid dienone is 2. The van der Waals surface area contributed by atoms with E-state index in [1.165, 1.54) is 37.9 Å². The van der Waals surface area contributed by atoms with Gasteiger partial charge in [-0.3, -0.25) is 14.9 Å². The molecule has 0 bridgehead atoms. The van der Waals surface area contributed by atoms with Gasteiger partial charge in [-0.25, -0.2) is 9.80 Å². The van der Waals surface area contributed by atoms with Crippen molar-refractivity contribution in [2.75, 3.05) is 19.2 Å². The number of benzene rings is 1. The fraction of sp³-hybridized carbons (Fsp3) is 0.312. The largest absolute Gasteiger partial charge is 0.464 e. The van der Waals surface area contributed by atoms with Crippen molar-refractivity contribution in [2.45, 2.75) is 18.2 Å². The van der Waals surface area contributed by atoms with Crippen LogP contribution in [0.1, 0.15) is 13.8 Å². The predicted molar refractivity (Wildman–Crippen MR) is 104 cm³/mol. The molecule has 0 aliphatic carbocycles. The molecular weight excluding hydrogens is 392 g/mol. The number of hydrazone groups is 1. The molecule has 0 N–H and O–H groups in total. The summed E-state index contributed by atoms with van der Waals surface area (Å²) in [4.78, 5) is 37.0. The number of ether oxygens (including phenoxy) is 1. The molecule has 0 aromatic heterocycles. The molecule has 11 heteroatoms. The van der Waals surface area contributed by atoms with Crippen LogP contribution >= 0.6 is 23.5 Å². The summed E-state index contributed by atoms with van der Waals surface area (Å²) in [5, 5.41) is 17.0. The molecule has 2 aliphatic heterocycles. The third-order valence-corrected chi connectivity index (χ3v) is 7.32. The van der Waals surface area contributed by atoms with Crippen molar-refractivity contribution < 1.29 is 19.2 Å². The number of hydrogen-bond acceptors (Lipinski definition) is 10. The number of rotatable bonds is 4. The van der Waals surface area contributed by atoms with E-state index in [2.05, 4.69) is 5.10 Å². The van der Waals surface area contributed by atoms with Crippen LogP contribution in [0.3, 0.4) is 0 Å². The Hall–Kier alpha value is -2.53. The lowest BCUT2D eigenvalue weighted by Crippen LogP contribution is -2.47. The second-order valence-electron chi connectivity index (χ2n) is 5.76. The molecular formula is C16H16N4O5S2. The third-order valence-electron chi connectivity index (χ3n) is 4.16. The molecule has 0 saturated heterocycles. The molecule has 1 atom stereocenters. The predicted octanol–water partition coefficient (Wildman–Crippen LogP) is 2.74. The van der Waals surface area contributed by atoms with Gasteiger partial charge in [-0.05, 0) is 37.7 Å². The van der Waals surface area contributed by atoms with E-state index in [4.69, 9.17) is 4.74 Å². The molecule has 1 aromatic carbocycles. The van der Waals surface area contributed by atoms with Crippen LogP contribution in [0.5, 0.6) is 0 Å². The molecule has 0 saturated carbocycles. The van der Waals surface area contributed by atoms with E-state index in [0.717, 1.165) is 17.5 Å². The number of nitrogens with zero attached hydrogens (tertiary/aromatic N) is 4. The first-order chi connectivity index (χ1) is 12.7. The standard InChI is InChI=1S/C16H16N4O5S2/c1-9-13(10(2)21)26-16(18(9)3)19(17-14(27-16)15(22)25-4)11-5-7-12(8-6-11)20(23)24/h5-8H,1-4H3. The Kier molecular flexibility index (Phi) is 4.91. The Balaban J connectivity index is 2.07. The molecule has 27 heavy (non-hydrogen) atoms. The summed E-state index contributed by atoms with van der Waals surface area (Å²) in [6.07, 6.45) is 0. The summed E-state index contributed by atoms with van der Waals surface area (Å²) < 4.78 is 3.85. The molecule has 1 unspecified atom stereocenters. The van der Waals surface area contributed by atoms with Gasteiger partial charge in [0.05, 0.1) is 22.6 Å². The summed E-state index contributed by atoms with van der Waals surface area (Å²) in [7, 11) is 3.07. The van der Waals surface area contributed by atoms with E-state index in [1.807, 2.05) is 11.8 Å². The minimum Gasteiger partial charge on any atom is -0.464 e. The summed E-state index contributed by atoms with van der Waals surface area (Å²) in [6, 6.07) is 5.84. The molecule has 1 aromatic rings. The number of carbonyl (C=O) groups excluding carboxylic acids is 2. The van der Waals surface area contributed by atoms with Gasteiger partial charge < -0.3 is 9.64 Å². The van der Waals surface area contributed by atoms with Crippen LogP contribution in [0, 0.1) is 10.1 Å². The first-order valence-electron chi connectivity index (χ1n) is 7.76. The highest BCUT2D eigenvalue weighted by atomic mass is 32.2. The SMILES string of the molecule is COC(=O)C1=NN(c2ccc([N+](=O)[O-])cc2)C2(S1)SC(C(C)=O)=C(C)N2C. The quantitative estimate of drug-likeness (QED) is 0.422. The van der Waals surface area contributed by atoms with Crippen molar-refractivity contribution in [1.82, 2.24) is 4.90 Å². The van der Waals surface area contributed by atoms with Gasteiger partial charge in [-0.2, -0.15) is 5.10 Å². The molecule has 1 spiro atoms. The number of Topliss-reactive ketones (excluding diaryl/α,β-unsaturated/α-hetero) is 1. The molecule has 9 nitrogen and oxygen atoms in total. The summed E-state index contributed by atoms with van der Waals surface area (Å²) in [5.41, 5.74) is 1.25. The number of hydrogen-bond donors (Lipinski definition) is 0. The normalized spacial score (nSPS) is 21.7. The van der Waals surface area contributed by atoms with Crippen LogP contribution in [0.15, 0.2) is 40.0 Å². The van der Waals surface area contributed by atoms with Crippen LogP contribution in [-0.2, 0) is 14.3 Å². The Labute approximate surface area is 163 Å². The summed E-state index contributed by atoms with van der Waals surface area (Å²) >= 11 is 2.44. The van der Waals surface area contributed by atoms with Crippen molar-refractivity contribution in [3.8, 4) is 0 Å². The van der Waals surface area contributed by atoms with E-state index in [-0.39, 0.29) is 16.5 Å². The van der Waals surface area contributed by atoms with Gasteiger partial charge in [0.15, 0.2) is 5.78 Å². The maximum atomic E-state index is 12.1. The van der Waals surface area contributed by atoms with Crippen LogP contribution in [0.25, 0.3) is 0 Å². The number of thioether (sulfide) groups is 2. The van der Waals surface area contributed by atoms with Gasteiger partial charge >= 0.3 is 5.97 Å². The lowest BCUT2D eigenvalue weighted by atomic mass is 10.3. The second-order valence-corrected chi connectivity index (χ2v) is 8.36. The van der Waals surface area contributed by atoms with E-state index >= 15 is 0 Å². The third kappa shape index (κ3) is 3.06. The van der Waals surface area contributed by atoms with Crippen LogP contribution in [-0.4, -0.2) is 45.1 Å². The van der Waals surface area contributed by atoms with Gasteiger partial charge in [-0.15, -0.1) is 0 Å². The molecule has 2 aliphatic rings. The maximum absolute atomic E-state index is 12.1. The van der Waals surface area contributed by atoms with Gasteiger partial charge in [0, 0.05) is 24.9 Å². The zero-order chi connectivity index (χ0) is 19.9. The lowest BCUT2D eigenvalue weighted by molar-refractivity contribution is -0.384. The fourth-order valence-electron chi connectivity index (χ4n) is 2.69. The fourth-order valence-corrected chi connectivity index (χ4v) is 5.59. The topological polar surface area (TPSA) is 105 Å². The summed E-state index contributed by atoms with van der Waals surface area (Å²) in [5.74, 6) is -0.677. The van der Waals surface area contributed by atoms with Crippen molar-refractivity contribution >= 4 is 51.7 Å². The van der Waals surface area contributed by atoms with Crippen molar-refractivity contribution in [2.24, 2.45) is 5.10 Å². The van der Waals surface area contributed by atoms with E-state index in [9.17, 15) is 19.7 Å². The first kappa shape index (κ1) is 19.2. The van der Waals surface area contributed by atoms with E-state index in [1.54, 1.807) is 24.2 Å². The van der Waals surface area contributed by atoms with Crippen molar-refractivity contribution in [3.63, 3.8) is 0 Å². The Morgan fingerprint density at radius 3 is 2.37 bits per heavy atom. The molecule has 142 valence electrons. The minimum atomic E-state index is -0.940. The number of nitro groups is 1. The highest BCUT2D eigenvalue weighted by molar-refractivity contribution is 8.28. The van der Waals surface area contributed by atoms with E-state index in [0.29, 0.717) is 10.6 Å². The number of ketones is 1. The number of anilines is 1. The summed E-state index contributed by atoms with van der Waals surface area (Å²) in [6.45, 7) is 3.31. The van der Waals surface area contributed by atoms with Crippen molar-refractivity contribution in [1.29, 1.82) is 0 Å². The van der Waals surface area contributed by atoms with Gasteiger partial charge in [0.25, 0.3) is 5.69 Å². The Bertz CT molecular complexity index is 899. The molecule has 0 radical (unpaired) electrons. The van der Waals surface area contributed by atoms with Crippen LogP contribution < -0.4 is 5.01 Å². The van der Waals surface area contributed by atoms with E-state index < -0.39 is 15.2 Å². The average molecular weight is 408 g/mol. The van der Waals surface area contributed by atoms with Crippen LogP contribution in [0.2, 0.25) is 0 Å². The van der Waals surface area contributed by atoms with Crippen molar-refractivity contribution in [3.05, 3.63) is 45.0 Å². The highest BCUT2D eigenvalue weighted by Gasteiger charge is 2.56. The molecule has 0 amide bonds. The zero-order valence-corrected chi connectivity index (χ0v) is 16.6. The monoisotopic (exact) mass is 408 g/mol. The highest BCUT2D eigenvalue weighted by Crippen LogP contribution is 2.58.